The Hall–Kier alpha value is -2.34. The number of imidazole rings is 1. The van der Waals surface area contributed by atoms with Crippen molar-refractivity contribution >= 4 is 5.96 Å². The van der Waals surface area contributed by atoms with Crippen molar-refractivity contribution in [2.24, 2.45) is 10.4 Å². The van der Waals surface area contributed by atoms with Crippen molar-refractivity contribution in [1.82, 2.24) is 20.2 Å². The Bertz CT molecular complexity index is 757. The first-order chi connectivity index (χ1) is 13.0. The van der Waals surface area contributed by atoms with E-state index in [1.165, 1.54) is 6.42 Å². The fraction of sp³-hybridized carbons (Fsp3) is 0.524. The summed E-state index contributed by atoms with van der Waals surface area (Å²) in [5.41, 5.74) is 2.04. The number of aliphatic hydroxyl groups is 1. The standard InChI is InChI=1S/C21H31N5O/c1-21(12-8-7-11-18(21)27)15-24-20(22-2)26(3)14-19-23-13-17(25-19)16-9-5-4-6-10-16/h4-6,9-10,13,18,27H,7-8,11-12,14-15H2,1-3H3,(H,22,24)(H,23,25). The molecule has 1 saturated carbocycles. The van der Waals surface area contributed by atoms with Gasteiger partial charge < -0.3 is 20.3 Å². The highest BCUT2D eigenvalue weighted by Crippen LogP contribution is 2.35. The van der Waals surface area contributed by atoms with Crippen LogP contribution in [-0.4, -0.2) is 52.7 Å². The fourth-order valence-electron chi connectivity index (χ4n) is 3.76. The molecule has 0 bridgehead atoms. The van der Waals surface area contributed by atoms with Gasteiger partial charge in [0, 0.05) is 26.1 Å². The molecule has 146 valence electrons. The van der Waals surface area contributed by atoms with E-state index in [1.54, 1.807) is 7.05 Å². The molecule has 2 atom stereocenters. The minimum Gasteiger partial charge on any atom is -0.392 e. The van der Waals surface area contributed by atoms with Gasteiger partial charge in [0.2, 0.25) is 0 Å². The molecule has 1 aliphatic rings. The van der Waals surface area contributed by atoms with E-state index in [9.17, 15) is 5.11 Å². The number of H-pyrrole nitrogens is 1. The first-order valence-electron chi connectivity index (χ1n) is 9.71. The summed E-state index contributed by atoms with van der Waals surface area (Å²) >= 11 is 0. The van der Waals surface area contributed by atoms with Gasteiger partial charge in [-0.1, -0.05) is 50.1 Å². The quantitative estimate of drug-likeness (QED) is 0.559. The SMILES string of the molecule is CN=C(NCC1(C)CCCCC1O)N(C)Cc1ncc(-c2ccccc2)[nH]1. The average Bonchev–Trinajstić information content (AvgIpc) is 3.14. The highest BCUT2D eigenvalue weighted by molar-refractivity contribution is 5.79. The van der Waals surface area contributed by atoms with Crippen LogP contribution in [0.3, 0.4) is 0 Å². The minimum atomic E-state index is -0.249. The zero-order valence-electron chi connectivity index (χ0n) is 16.6. The average molecular weight is 370 g/mol. The number of aromatic amines is 1. The third-order valence-electron chi connectivity index (χ3n) is 5.60. The number of hydrogen-bond acceptors (Lipinski definition) is 3. The van der Waals surface area contributed by atoms with Gasteiger partial charge in [-0.15, -0.1) is 0 Å². The lowest BCUT2D eigenvalue weighted by Gasteiger charge is -2.39. The van der Waals surface area contributed by atoms with Gasteiger partial charge in [-0.25, -0.2) is 4.98 Å². The molecule has 0 spiro atoms. The van der Waals surface area contributed by atoms with Crippen LogP contribution in [-0.2, 0) is 6.54 Å². The van der Waals surface area contributed by atoms with Crippen LogP contribution in [0.15, 0.2) is 41.5 Å². The van der Waals surface area contributed by atoms with Gasteiger partial charge in [0.25, 0.3) is 0 Å². The van der Waals surface area contributed by atoms with Gasteiger partial charge in [-0.2, -0.15) is 0 Å². The van der Waals surface area contributed by atoms with Crippen molar-refractivity contribution in [3.8, 4) is 11.3 Å². The van der Waals surface area contributed by atoms with E-state index in [4.69, 9.17) is 0 Å². The smallest absolute Gasteiger partial charge is 0.193 e. The molecule has 1 heterocycles. The zero-order valence-corrected chi connectivity index (χ0v) is 16.6. The Kier molecular flexibility index (Phi) is 6.16. The number of nitrogens with one attached hydrogen (secondary N) is 2. The van der Waals surface area contributed by atoms with Gasteiger partial charge >= 0.3 is 0 Å². The summed E-state index contributed by atoms with van der Waals surface area (Å²) in [4.78, 5) is 14.3. The van der Waals surface area contributed by atoms with E-state index < -0.39 is 0 Å². The molecule has 2 unspecified atom stereocenters. The Morgan fingerprint density at radius 2 is 2.15 bits per heavy atom. The predicted molar refractivity (Wildman–Crippen MR) is 109 cm³/mol. The van der Waals surface area contributed by atoms with Crippen LogP contribution in [0.4, 0.5) is 0 Å². The number of nitrogens with zero attached hydrogens (tertiary/aromatic N) is 3. The molecule has 0 aliphatic heterocycles. The third kappa shape index (κ3) is 4.69. The van der Waals surface area contributed by atoms with Gasteiger partial charge in [-0.3, -0.25) is 4.99 Å². The molecule has 3 rings (SSSR count). The van der Waals surface area contributed by atoms with Crippen LogP contribution in [0.2, 0.25) is 0 Å². The second-order valence-corrected chi connectivity index (χ2v) is 7.78. The maximum absolute atomic E-state index is 10.4. The number of aliphatic hydroxyl groups excluding tert-OH is 1. The molecule has 1 aliphatic carbocycles. The van der Waals surface area contributed by atoms with E-state index in [0.29, 0.717) is 6.54 Å². The van der Waals surface area contributed by atoms with Gasteiger partial charge in [0.15, 0.2) is 5.96 Å². The molecule has 3 N–H and O–H groups in total. The van der Waals surface area contributed by atoms with Crippen LogP contribution in [0.5, 0.6) is 0 Å². The molecule has 27 heavy (non-hydrogen) atoms. The Morgan fingerprint density at radius 3 is 2.85 bits per heavy atom. The van der Waals surface area contributed by atoms with E-state index >= 15 is 0 Å². The van der Waals surface area contributed by atoms with Gasteiger partial charge in [0.05, 0.1) is 24.5 Å². The number of guanidine groups is 1. The van der Waals surface area contributed by atoms with Crippen molar-refractivity contribution in [2.45, 2.75) is 45.3 Å². The molecule has 1 aromatic carbocycles. The summed E-state index contributed by atoms with van der Waals surface area (Å²) < 4.78 is 0. The molecular weight excluding hydrogens is 338 g/mol. The first-order valence-corrected chi connectivity index (χ1v) is 9.71. The Morgan fingerprint density at radius 1 is 1.37 bits per heavy atom. The summed E-state index contributed by atoms with van der Waals surface area (Å²) in [5.74, 6) is 1.70. The fourth-order valence-corrected chi connectivity index (χ4v) is 3.76. The van der Waals surface area contributed by atoms with Gasteiger partial charge in [0.1, 0.15) is 5.82 Å². The molecule has 1 aromatic heterocycles. The lowest BCUT2D eigenvalue weighted by atomic mass is 9.73. The van der Waals surface area contributed by atoms with Crippen LogP contribution in [0.25, 0.3) is 11.3 Å². The summed E-state index contributed by atoms with van der Waals surface area (Å²) in [6, 6.07) is 10.2. The number of benzene rings is 1. The second kappa shape index (κ2) is 8.57. The largest absolute Gasteiger partial charge is 0.392 e. The molecule has 0 amide bonds. The molecule has 2 aromatic rings. The molecule has 0 radical (unpaired) electrons. The van der Waals surface area contributed by atoms with Crippen LogP contribution in [0, 0.1) is 5.41 Å². The van der Waals surface area contributed by atoms with Crippen molar-refractivity contribution in [3.05, 3.63) is 42.4 Å². The molecular formula is C21H31N5O. The van der Waals surface area contributed by atoms with E-state index in [1.807, 2.05) is 36.3 Å². The summed E-state index contributed by atoms with van der Waals surface area (Å²) in [5, 5.41) is 13.8. The number of aromatic nitrogens is 2. The van der Waals surface area contributed by atoms with Crippen molar-refractivity contribution in [2.75, 3.05) is 20.6 Å². The van der Waals surface area contributed by atoms with Crippen LogP contribution >= 0.6 is 0 Å². The van der Waals surface area contributed by atoms with Gasteiger partial charge in [-0.05, 0) is 18.4 Å². The monoisotopic (exact) mass is 369 g/mol. The minimum absolute atomic E-state index is 0.0970. The third-order valence-corrected chi connectivity index (χ3v) is 5.60. The molecule has 6 nitrogen and oxygen atoms in total. The first kappa shape index (κ1) is 19.4. The van der Waals surface area contributed by atoms with Crippen molar-refractivity contribution in [3.63, 3.8) is 0 Å². The van der Waals surface area contributed by atoms with Crippen LogP contribution in [0.1, 0.15) is 38.4 Å². The summed E-state index contributed by atoms with van der Waals surface area (Å²) in [7, 11) is 3.79. The zero-order chi connectivity index (χ0) is 19.3. The van der Waals surface area contributed by atoms with Crippen molar-refractivity contribution < 1.29 is 5.11 Å². The second-order valence-electron chi connectivity index (χ2n) is 7.78. The van der Waals surface area contributed by atoms with Crippen molar-refractivity contribution in [1.29, 1.82) is 0 Å². The molecule has 1 fully saturated rings. The number of hydrogen-bond donors (Lipinski definition) is 3. The molecule has 0 saturated heterocycles. The predicted octanol–water partition coefficient (Wildman–Crippen LogP) is 3.03. The lowest BCUT2D eigenvalue weighted by Crippen LogP contribution is -2.48. The maximum Gasteiger partial charge on any atom is 0.193 e. The van der Waals surface area contributed by atoms with E-state index in [-0.39, 0.29) is 11.5 Å². The summed E-state index contributed by atoms with van der Waals surface area (Å²) in [6.07, 6.45) is 5.85. The van der Waals surface area contributed by atoms with E-state index in [0.717, 1.165) is 48.8 Å². The lowest BCUT2D eigenvalue weighted by molar-refractivity contribution is 0.00368. The highest BCUT2D eigenvalue weighted by Gasteiger charge is 2.35. The number of aliphatic imine (C=N–C) groups is 1. The normalized spacial score (nSPS) is 23.3. The topological polar surface area (TPSA) is 76.5 Å². The number of rotatable bonds is 5. The highest BCUT2D eigenvalue weighted by atomic mass is 16.3. The summed E-state index contributed by atoms with van der Waals surface area (Å²) in [6.45, 7) is 3.51. The van der Waals surface area contributed by atoms with Crippen LogP contribution < -0.4 is 5.32 Å². The maximum atomic E-state index is 10.4. The Balaban J connectivity index is 1.59. The molecule has 6 heteroatoms. The Labute approximate surface area is 161 Å². The van der Waals surface area contributed by atoms with E-state index in [2.05, 4.69) is 39.3 Å².